The van der Waals surface area contributed by atoms with Crippen LogP contribution in [0.5, 0.6) is 0 Å². The highest BCUT2D eigenvalue weighted by Gasteiger charge is 2.43. The molecule has 1 heterocycles. The third kappa shape index (κ3) is 4.82. The van der Waals surface area contributed by atoms with Crippen molar-refractivity contribution in [2.24, 2.45) is 0 Å². The second-order valence-corrected chi connectivity index (χ2v) is 8.64. The van der Waals surface area contributed by atoms with E-state index in [0.29, 0.717) is 22.5 Å². The minimum absolute atomic E-state index is 0.00548. The Morgan fingerprint density at radius 1 is 1.11 bits per heavy atom. The number of rotatable bonds is 6. The molecule has 0 bridgehead atoms. The zero-order chi connectivity index (χ0) is 20.3. The molecule has 1 saturated heterocycles. The van der Waals surface area contributed by atoms with Gasteiger partial charge in [0.05, 0.1) is 28.7 Å². The molecule has 0 spiro atoms. The predicted octanol–water partition coefficient (Wildman–Crippen LogP) is 3.65. The van der Waals surface area contributed by atoms with Gasteiger partial charge >= 0.3 is 0 Å². The molecule has 5 nitrogen and oxygen atoms in total. The summed E-state index contributed by atoms with van der Waals surface area (Å²) in [4.78, 5) is 17.5. The molecule has 28 heavy (non-hydrogen) atoms. The van der Waals surface area contributed by atoms with E-state index in [1.165, 1.54) is 12.8 Å². The molecule has 3 rings (SSSR count). The lowest BCUT2D eigenvalue weighted by molar-refractivity contribution is -0.140. The van der Waals surface area contributed by atoms with Crippen molar-refractivity contribution in [1.82, 2.24) is 9.80 Å². The molecule has 2 aliphatic rings. The zero-order valence-electron chi connectivity index (χ0n) is 16.9. The van der Waals surface area contributed by atoms with E-state index in [1.807, 2.05) is 18.0 Å². The number of halogens is 2. The molecular formula is C21H30Cl2N2O3. The summed E-state index contributed by atoms with van der Waals surface area (Å²) >= 11 is 12.1. The fraction of sp³-hybridized carbons (Fsp3) is 0.667. The van der Waals surface area contributed by atoms with E-state index in [1.54, 1.807) is 26.4 Å². The molecule has 1 aliphatic heterocycles. The Labute approximate surface area is 177 Å². The van der Waals surface area contributed by atoms with Crippen LogP contribution in [0.4, 0.5) is 0 Å². The van der Waals surface area contributed by atoms with E-state index in [9.17, 15) is 4.79 Å². The summed E-state index contributed by atoms with van der Waals surface area (Å²) in [6.45, 7) is 2.17. The lowest BCUT2D eigenvalue weighted by atomic mass is 9.84. The molecule has 0 radical (unpaired) electrons. The minimum Gasteiger partial charge on any atom is -0.379 e. The van der Waals surface area contributed by atoms with Crippen molar-refractivity contribution in [3.63, 3.8) is 0 Å². The van der Waals surface area contributed by atoms with E-state index < -0.39 is 0 Å². The van der Waals surface area contributed by atoms with Crippen molar-refractivity contribution >= 4 is 29.1 Å². The second-order valence-electron chi connectivity index (χ2n) is 7.83. The average molecular weight is 429 g/mol. The molecule has 1 saturated carbocycles. The highest BCUT2D eigenvalue weighted by Crippen LogP contribution is 2.32. The van der Waals surface area contributed by atoms with Crippen molar-refractivity contribution in [3.05, 3.63) is 33.8 Å². The van der Waals surface area contributed by atoms with Crippen LogP contribution in [0.15, 0.2) is 18.2 Å². The molecule has 1 aromatic carbocycles. The van der Waals surface area contributed by atoms with Crippen LogP contribution in [0.1, 0.15) is 31.2 Å². The first-order valence-corrected chi connectivity index (χ1v) is 10.7. The van der Waals surface area contributed by atoms with Gasteiger partial charge < -0.3 is 14.4 Å². The van der Waals surface area contributed by atoms with Crippen molar-refractivity contribution in [2.45, 2.75) is 56.4 Å². The standard InChI is InChI=1S/C21H30Cl2N2O3/c1-24(21(26)11-14-6-7-15(22)16(23)10-14)17-12-19(27-2)20(28-3)13-18(17)25-8-4-5-9-25/h6-7,10,17-20H,4-5,8-9,11-13H2,1-3H3/t17-,18-,19+,20-/m0/s1. The van der Waals surface area contributed by atoms with Crippen molar-refractivity contribution in [3.8, 4) is 0 Å². The minimum atomic E-state index is -0.00548. The summed E-state index contributed by atoms with van der Waals surface area (Å²) in [5, 5.41) is 0.978. The molecule has 4 atom stereocenters. The number of carbonyl (C=O) groups is 1. The number of amides is 1. The first-order valence-electron chi connectivity index (χ1n) is 9.93. The first-order chi connectivity index (χ1) is 13.4. The van der Waals surface area contributed by atoms with Gasteiger partial charge in [0.2, 0.25) is 5.91 Å². The fourth-order valence-corrected chi connectivity index (χ4v) is 4.93. The van der Waals surface area contributed by atoms with Crippen LogP contribution in [-0.4, -0.2) is 74.4 Å². The lowest BCUT2D eigenvalue weighted by Crippen LogP contribution is -2.59. The number of likely N-dealkylation sites (N-methyl/N-ethyl adjacent to an activating group) is 1. The number of hydrogen-bond donors (Lipinski definition) is 0. The summed E-state index contributed by atoms with van der Waals surface area (Å²) in [5.74, 6) is 0.0818. The van der Waals surface area contributed by atoms with E-state index in [2.05, 4.69) is 4.90 Å². The van der Waals surface area contributed by atoms with Gasteiger partial charge in [-0.1, -0.05) is 29.3 Å². The Hall–Kier alpha value is -0.850. The van der Waals surface area contributed by atoms with Gasteiger partial charge in [0.1, 0.15) is 0 Å². The molecule has 0 N–H and O–H groups in total. The van der Waals surface area contributed by atoms with Crippen LogP contribution in [0, 0.1) is 0 Å². The van der Waals surface area contributed by atoms with Crippen molar-refractivity contribution in [1.29, 1.82) is 0 Å². The van der Waals surface area contributed by atoms with Crippen LogP contribution < -0.4 is 0 Å². The smallest absolute Gasteiger partial charge is 0.227 e. The van der Waals surface area contributed by atoms with Crippen LogP contribution in [0.25, 0.3) is 0 Å². The molecule has 1 aliphatic carbocycles. The number of likely N-dealkylation sites (tertiary alicyclic amines) is 1. The van der Waals surface area contributed by atoms with Crippen LogP contribution in [-0.2, 0) is 20.7 Å². The van der Waals surface area contributed by atoms with Gasteiger partial charge in [0.25, 0.3) is 0 Å². The number of hydrogen-bond acceptors (Lipinski definition) is 4. The molecule has 0 aromatic heterocycles. The molecule has 2 fully saturated rings. The fourth-order valence-electron chi connectivity index (χ4n) is 4.61. The van der Waals surface area contributed by atoms with E-state index in [0.717, 1.165) is 31.5 Å². The Morgan fingerprint density at radius 3 is 2.36 bits per heavy atom. The van der Waals surface area contributed by atoms with Gasteiger partial charge in [0, 0.05) is 33.4 Å². The summed E-state index contributed by atoms with van der Waals surface area (Å²) in [7, 11) is 5.38. The Balaban J connectivity index is 1.75. The molecular weight excluding hydrogens is 399 g/mol. The molecule has 0 unspecified atom stereocenters. The average Bonchev–Trinajstić information content (AvgIpc) is 3.23. The zero-order valence-corrected chi connectivity index (χ0v) is 18.4. The number of methoxy groups -OCH3 is 2. The monoisotopic (exact) mass is 428 g/mol. The number of ether oxygens (including phenoxy) is 2. The van der Waals surface area contributed by atoms with E-state index in [-0.39, 0.29) is 24.2 Å². The quantitative estimate of drug-likeness (QED) is 0.693. The van der Waals surface area contributed by atoms with Crippen molar-refractivity contribution in [2.75, 3.05) is 34.4 Å². The van der Waals surface area contributed by atoms with Gasteiger partial charge in [0.15, 0.2) is 0 Å². The van der Waals surface area contributed by atoms with Gasteiger partial charge in [-0.2, -0.15) is 0 Å². The highest BCUT2D eigenvalue weighted by atomic mass is 35.5. The predicted molar refractivity (Wildman–Crippen MR) is 112 cm³/mol. The Morgan fingerprint density at radius 2 is 1.75 bits per heavy atom. The van der Waals surface area contributed by atoms with Gasteiger partial charge in [-0.3, -0.25) is 9.69 Å². The third-order valence-corrected chi connectivity index (χ3v) is 6.99. The number of benzene rings is 1. The maximum Gasteiger partial charge on any atom is 0.227 e. The molecule has 1 amide bonds. The maximum atomic E-state index is 13.1. The Kier molecular flexibility index (Phi) is 7.62. The summed E-state index contributed by atoms with van der Waals surface area (Å²) in [5.41, 5.74) is 0.873. The van der Waals surface area contributed by atoms with Gasteiger partial charge in [-0.15, -0.1) is 0 Å². The number of nitrogens with zero attached hydrogens (tertiary/aromatic N) is 2. The highest BCUT2D eigenvalue weighted by molar-refractivity contribution is 6.42. The van der Waals surface area contributed by atoms with Crippen LogP contribution >= 0.6 is 23.2 Å². The van der Waals surface area contributed by atoms with E-state index >= 15 is 0 Å². The van der Waals surface area contributed by atoms with Gasteiger partial charge in [-0.05, 0) is 56.5 Å². The normalized spacial score (nSPS) is 28.5. The lowest BCUT2D eigenvalue weighted by Gasteiger charge is -2.47. The third-order valence-electron chi connectivity index (χ3n) is 6.25. The number of carbonyl (C=O) groups excluding carboxylic acids is 1. The topological polar surface area (TPSA) is 42.0 Å². The summed E-state index contributed by atoms with van der Waals surface area (Å²) in [6.07, 6.45) is 4.45. The van der Waals surface area contributed by atoms with Crippen LogP contribution in [0.2, 0.25) is 10.0 Å². The van der Waals surface area contributed by atoms with Crippen LogP contribution in [0.3, 0.4) is 0 Å². The summed E-state index contributed by atoms with van der Waals surface area (Å²) < 4.78 is 11.4. The first kappa shape index (κ1) is 21.8. The summed E-state index contributed by atoms with van der Waals surface area (Å²) in [6, 6.07) is 5.77. The molecule has 156 valence electrons. The second kappa shape index (κ2) is 9.77. The molecule has 7 heteroatoms. The van der Waals surface area contributed by atoms with E-state index in [4.69, 9.17) is 32.7 Å². The largest absolute Gasteiger partial charge is 0.379 e. The van der Waals surface area contributed by atoms with Gasteiger partial charge in [-0.25, -0.2) is 0 Å². The Bertz CT molecular complexity index is 682. The SMILES string of the molecule is CO[C@H]1C[C@H](N2CCCC2)[C@@H](N(C)C(=O)Cc2ccc(Cl)c(Cl)c2)C[C@H]1OC. The maximum absolute atomic E-state index is 13.1. The van der Waals surface area contributed by atoms with Crippen molar-refractivity contribution < 1.29 is 14.3 Å². The molecule has 1 aromatic rings.